The quantitative estimate of drug-likeness (QED) is 0.669. The Morgan fingerprint density at radius 1 is 1.24 bits per heavy atom. The lowest BCUT2D eigenvalue weighted by Crippen LogP contribution is -2.31. The summed E-state index contributed by atoms with van der Waals surface area (Å²) in [6, 6.07) is 12.2. The molecule has 0 aromatic heterocycles. The van der Waals surface area contributed by atoms with Crippen LogP contribution < -0.4 is 10.2 Å². The molecule has 7 heteroatoms. The van der Waals surface area contributed by atoms with Crippen molar-refractivity contribution in [1.29, 1.82) is 0 Å². The third kappa shape index (κ3) is 3.93. The van der Waals surface area contributed by atoms with Crippen LogP contribution in [0.1, 0.15) is 16.8 Å². The zero-order valence-corrected chi connectivity index (χ0v) is 13.5. The van der Waals surface area contributed by atoms with E-state index in [1.807, 2.05) is 0 Å². The van der Waals surface area contributed by atoms with Gasteiger partial charge in [0.15, 0.2) is 0 Å². The van der Waals surface area contributed by atoms with Crippen LogP contribution in [0.2, 0.25) is 0 Å². The summed E-state index contributed by atoms with van der Waals surface area (Å²) < 4.78 is 13.0. The molecular formula is C18H18FN3O3. The number of anilines is 1. The number of halogens is 1. The van der Waals surface area contributed by atoms with E-state index in [4.69, 9.17) is 0 Å². The largest absolute Gasteiger partial charge is 0.371 e. The third-order valence-electron chi connectivity index (χ3n) is 4.37. The van der Waals surface area contributed by atoms with Crippen LogP contribution in [0.3, 0.4) is 0 Å². The summed E-state index contributed by atoms with van der Waals surface area (Å²) >= 11 is 0. The summed E-state index contributed by atoms with van der Waals surface area (Å²) in [5.74, 6) is -0.458. The maximum atomic E-state index is 13.0. The molecule has 25 heavy (non-hydrogen) atoms. The number of nitro groups is 1. The number of nitro benzene ring substituents is 1. The second-order valence-corrected chi connectivity index (χ2v) is 6.06. The first-order valence-electron chi connectivity index (χ1n) is 8.06. The number of benzene rings is 2. The normalized spacial score (nSPS) is 16.7. The highest BCUT2D eigenvalue weighted by Crippen LogP contribution is 2.24. The lowest BCUT2D eigenvalue weighted by atomic mass is 10.1. The number of nitrogens with one attached hydrogen (secondary N) is 1. The van der Waals surface area contributed by atoms with Gasteiger partial charge in [0.2, 0.25) is 0 Å². The van der Waals surface area contributed by atoms with E-state index in [-0.39, 0.29) is 23.0 Å². The van der Waals surface area contributed by atoms with Crippen LogP contribution >= 0.6 is 0 Å². The highest BCUT2D eigenvalue weighted by atomic mass is 19.1. The highest BCUT2D eigenvalue weighted by molar-refractivity contribution is 5.98. The maximum Gasteiger partial charge on any atom is 0.282 e. The number of rotatable bonds is 5. The highest BCUT2D eigenvalue weighted by Gasteiger charge is 2.25. The van der Waals surface area contributed by atoms with Gasteiger partial charge in [-0.1, -0.05) is 12.1 Å². The number of hydrogen-bond acceptors (Lipinski definition) is 4. The predicted octanol–water partition coefficient (Wildman–Crippen LogP) is 2.99. The van der Waals surface area contributed by atoms with Gasteiger partial charge in [-0.25, -0.2) is 4.39 Å². The molecule has 2 aromatic carbocycles. The van der Waals surface area contributed by atoms with Crippen LogP contribution in [0.5, 0.6) is 0 Å². The molecule has 0 spiro atoms. The number of carbonyl (C=O) groups excluding carboxylic acids is 1. The van der Waals surface area contributed by atoms with Gasteiger partial charge in [0.05, 0.1) is 4.92 Å². The standard InChI is InChI=1S/C18H18FN3O3/c19-14-5-7-15(8-6-14)21-10-9-13(12-21)11-20-18(23)16-3-1-2-4-17(16)22(24)25/h1-8,13H,9-12H2,(H,20,23)/t13-/m1/s1. The second kappa shape index (κ2) is 7.29. The van der Waals surface area contributed by atoms with Crippen LogP contribution in [0.25, 0.3) is 0 Å². The molecule has 2 aromatic rings. The van der Waals surface area contributed by atoms with Gasteiger partial charge in [0.25, 0.3) is 11.6 Å². The molecule has 0 unspecified atom stereocenters. The van der Waals surface area contributed by atoms with Crippen molar-refractivity contribution >= 4 is 17.3 Å². The average Bonchev–Trinajstić information content (AvgIpc) is 3.09. The Kier molecular flexibility index (Phi) is 4.92. The van der Waals surface area contributed by atoms with E-state index in [2.05, 4.69) is 10.2 Å². The average molecular weight is 343 g/mol. The smallest absolute Gasteiger partial charge is 0.282 e. The lowest BCUT2D eigenvalue weighted by molar-refractivity contribution is -0.385. The fourth-order valence-corrected chi connectivity index (χ4v) is 3.04. The van der Waals surface area contributed by atoms with Crippen molar-refractivity contribution in [3.05, 3.63) is 70.0 Å². The Morgan fingerprint density at radius 3 is 2.68 bits per heavy atom. The number of amides is 1. The Bertz CT molecular complexity index is 779. The van der Waals surface area contributed by atoms with Crippen LogP contribution in [-0.2, 0) is 0 Å². The van der Waals surface area contributed by atoms with Gasteiger partial charge >= 0.3 is 0 Å². The van der Waals surface area contributed by atoms with E-state index in [1.54, 1.807) is 18.2 Å². The number of carbonyl (C=O) groups is 1. The first kappa shape index (κ1) is 16.9. The molecule has 3 rings (SSSR count). The second-order valence-electron chi connectivity index (χ2n) is 6.06. The van der Waals surface area contributed by atoms with E-state index < -0.39 is 10.8 Å². The fraction of sp³-hybridized carbons (Fsp3) is 0.278. The molecule has 6 nitrogen and oxygen atoms in total. The SMILES string of the molecule is O=C(NC[C@H]1CCN(c2ccc(F)cc2)C1)c1ccccc1[N+](=O)[O-]. The van der Waals surface area contributed by atoms with Gasteiger partial charge in [-0.2, -0.15) is 0 Å². The van der Waals surface area contributed by atoms with Crippen molar-refractivity contribution in [3.63, 3.8) is 0 Å². The summed E-state index contributed by atoms with van der Waals surface area (Å²) in [5.41, 5.74) is 0.828. The van der Waals surface area contributed by atoms with Crippen molar-refractivity contribution in [2.45, 2.75) is 6.42 Å². The molecule has 1 saturated heterocycles. The van der Waals surface area contributed by atoms with E-state index in [9.17, 15) is 19.3 Å². The minimum atomic E-state index is -0.555. The molecule has 130 valence electrons. The minimum Gasteiger partial charge on any atom is -0.371 e. The topological polar surface area (TPSA) is 75.5 Å². The van der Waals surface area contributed by atoms with Crippen LogP contribution in [0.4, 0.5) is 15.8 Å². The summed E-state index contributed by atoms with van der Waals surface area (Å²) in [6.45, 7) is 2.03. The minimum absolute atomic E-state index is 0.0703. The molecule has 0 radical (unpaired) electrons. The van der Waals surface area contributed by atoms with Gasteiger partial charge in [-0.05, 0) is 42.7 Å². The molecule has 1 N–H and O–H groups in total. The molecular weight excluding hydrogens is 325 g/mol. The lowest BCUT2D eigenvalue weighted by Gasteiger charge is -2.18. The summed E-state index contributed by atoms with van der Waals surface area (Å²) in [4.78, 5) is 24.8. The Morgan fingerprint density at radius 2 is 1.96 bits per heavy atom. The zero-order valence-electron chi connectivity index (χ0n) is 13.5. The first-order valence-corrected chi connectivity index (χ1v) is 8.06. The van der Waals surface area contributed by atoms with Gasteiger partial charge < -0.3 is 10.2 Å². The Labute approximate surface area is 144 Å². The van der Waals surface area contributed by atoms with Crippen LogP contribution in [0, 0.1) is 21.8 Å². The van der Waals surface area contributed by atoms with Gasteiger partial charge in [0, 0.05) is 31.4 Å². The summed E-state index contributed by atoms with van der Waals surface area (Å²) in [6.07, 6.45) is 0.897. The van der Waals surface area contributed by atoms with E-state index in [1.165, 1.54) is 30.3 Å². The van der Waals surface area contributed by atoms with Crippen molar-refractivity contribution in [3.8, 4) is 0 Å². The number of hydrogen-bond donors (Lipinski definition) is 1. The molecule has 0 aliphatic carbocycles. The van der Waals surface area contributed by atoms with Gasteiger partial charge in [-0.3, -0.25) is 14.9 Å². The van der Waals surface area contributed by atoms with Crippen LogP contribution in [-0.4, -0.2) is 30.5 Å². The molecule has 1 aliphatic rings. The summed E-state index contributed by atoms with van der Waals surface area (Å²) in [5, 5.41) is 13.8. The summed E-state index contributed by atoms with van der Waals surface area (Å²) in [7, 11) is 0. The van der Waals surface area contributed by atoms with Crippen molar-refractivity contribution in [2.24, 2.45) is 5.92 Å². The number of nitrogens with zero attached hydrogens (tertiary/aromatic N) is 2. The Balaban J connectivity index is 1.57. The molecule has 0 bridgehead atoms. The van der Waals surface area contributed by atoms with Gasteiger partial charge in [0.1, 0.15) is 11.4 Å². The Hall–Kier alpha value is -2.96. The maximum absolute atomic E-state index is 13.0. The van der Waals surface area contributed by atoms with Crippen molar-refractivity contribution in [1.82, 2.24) is 5.32 Å². The zero-order chi connectivity index (χ0) is 17.8. The van der Waals surface area contributed by atoms with E-state index in [0.29, 0.717) is 6.54 Å². The number of para-hydroxylation sites is 1. The van der Waals surface area contributed by atoms with Crippen LogP contribution in [0.15, 0.2) is 48.5 Å². The molecule has 0 saturated carbocycles. The molecule has 1 amide bonds. The van der Waals surface area contributed by atoms with Gasteiger partial charge in [-0.15, -0.1) is 0 Å². The van der Waals surface area contributed by atoms with E-state index >= 15 is 0 Å². The molecule has 1 aliphatic heterocycles. The molecule has 1 heterocycles. The molecule has 1 atom stereocenters. The van der Waals surface area contributed by atoms with Crippen molar-refractivity contribution < 1.29 is 14.1 Å². The third-order valence-corrected chi connectivity index (χ3v) is 4.37. The molecule has 1 fully saturated rings. The first-order chi connectivity index (χ1) is 12.0. The fourth-order valence-electron chi connectivity index (χ4n) is 3.04. The van der Waals surface area contributed by atoms with E-state index in [0.717, 1.165) is 25.2 Å². The monoisotopic (exact) mass is 343 g/mol. The predicted molar refractivity (Wildman–Crippen MR) is 92.1 cm³/mol. The van der Waals surface area contributed by atoms with Crippen molar-refractivity contribution in [2.75, 3.05) is 24.5 Å².